The normalized spacial score (nSPS) is 10.5. The van der Waals surface area contributed by atoms with Crippen LogP contribution >= 0.6 is 0 Å². The Kier molecular flexibility index (Phi) is 3.51. The van der Waals surface area contributed by atoms with Crippen LogP contribution in [-0.4, -0.2) is 16.1 Å². The van der Waals surface area contributed by atoms with E-state index in [-0.39, 0.29) is 5.56 Å². The van der Waals surface area contributed by atoms with Crippen LogP contribution in [-0.2, 0) is 6.54 Å². The molecule has 0 fully saturated rings. The monoisotopic (exact) mass is 278 g/mol. The predicted molar refractivity (Wildman–Crippen MR) is 82.5 cm³/mol. The first-order chi connectivity index (χ1) is 10.2. The van der Waals surface area contributed by atoms with Crippen molar-refractivity contribution >= 4 is 22.4 Å². The number of rotatable bonds is 4. The number of nitrogens with zero attached hydrogens (tertiary/aromatic N) is 1. The van der Waals surface area contributed by atoms with E-state index in [0.29, 0.717) is 6.54 Å². The van der Waals surface area contributed by atoms with Crippen molar-refractivity contribution in [3.05, 3.63) is 72.1 Å². The summed E-state index contributed by atoms with van der Waals surface area (Å²) in [6, 6.07) is 17.5. The minimum absolute atomic E-state index is 0.198. The molecule has 104 valence electrons. The van der Waals surface area contributed by atoms with E-state index in [1.165, 1.54) is 11.6 Å². The van der Waals surface area contributed by atoms with Crippen molar-refractivity contribution in [1.29, 1.82) is 0 Å². The van der Waals surface area contributed by atoms with Crippen LogP contribution in [0.2, 0.25) is 0 Å². The molecule has 0 spiro atoms. The SMILES string of the molecule is O=C(O)c1ccc(CNc2cccc3ccccc23)nc1. The molecule has 0 atom stereocenters. The number of carbonyl (C=O) groups is 1. The molecule has 3 rings (SSSR count). The van der Waals surface area contributed by atoms with Gasteiger partial charge in [-0.05, 0) is 23.6 Å². The second-order valence-corrected chi connectivity index (χ2v) is 4.72. The zero-order chi connectivity index (χ0) is 14.7. The highest BCUT2D eigenvalue weighted by Crippen LogP contribution is 2.23. The number of anilines is 1. The summed E-state index contributed by atoms with van der Waals surface area (Å²) < 4.78 is 0. The number of pyridine rings is 1. The zero-order valence-corrected chi connectivity index (χ0v) is 11.3. The van der Waals surface area contributed by atoms with E-state index in [9.17, 15) is 4.79 Å². The van der Waals surface area contributed by atoms with Crippen molar-refractivity contribution in [3.63, 3.8) is 0 Å². The quantitative estimate of drug-likeness (QED) is 0.766. The molecule has 2 aromatic carbocycles. The van der Waals surface area contributed by atoms with Gasteiger partial charge in [0, 0.05) is 17.3 Å². The van der Waals surface area contributed by atoms with E-state index in [4.69, 9.17) is 5.11 Å². The van der Waals surface area contributed by atoms with Gasteiger partial charge in [-0.3, -0.25) is 4.98 Å². The first-order valence-corrected chi connectivity index (χ1v) is 6.64. The fraction of sp³-hybridized carbons (Fsp3) is 0.0588. The van der Waals surface area contributed by atoms with Crippen molar-refractivity contribution in [1.82, 2.24) is 4.98 Å². The summed E-state index contributed by atoms with van der Waals surface area (Å²) in [5.74, 6) is -0.962. The van der Waals surface area contributed by atoms with Crippen LogP contribution in [0.4, 0.5) is 5.69 Å². The smallest absolute Gasteiger partial charge is 0.337 e. The summed E-state index contributed by atoms with van der Waals surface area (Å²) in [6.07, 6.45) is 1.38. The Morgan fingerprint density at radius 3 is 2.62 bits per heavy atom. The van der Waals surface area contributed by atoms with Gasteiger partial charge in [-0.2, -0.15) is 0 Å². The maximum Gasteiger partial charge on any atom is 0.337 e. The number of aromatic carboxylic acids is 1. The third-order valence-electron chi connectivity index (χ3n) is 3.32. The van der Waals surface area contributed by atoms with Crippen molar-refractivity contribution in [3.8, 4) is 0 Å². The third-order valence-corrected chi connectivity index (χ3v) is 3.32. The second kappa shape index (κ2) is 5.63. The summed E-state index contributed by atoms with van der Waals surface area (Å²) >= 11 is 0. The lowest BCUT2D eigenvalue weighted by molar-refractivity contribution is 0.0696. The third kappa shape index (κ3) is 2.84. The van der Waals surface area contributed by atoms with Crippen molar-refractivity contribution in [2.45, 2.75) is 6.54 Å². The molecule has 2 N–H and O–H groups in total. The van der Waals surface area contributed by atoms with E-state index >= 15 is 0 Å². The van der Waals surface area contributed by atoms with Gasteiger partial charge in [0.15, 0.2) is 0 Å². The Morgan fingerprint density at radius 2 is 1.86 bits per heavy atom. The van der Waals surface area contributed by atoms with Crippen LogP contribution in [0.5, 0.6) is 0 Å². The molecule has 0 saturated carbocycles. The molecule has 0 amide bonds. The van der Waals surface area contributed by atoms with Crippen LogP contribution in [0.3, 0.4) is 0 Å². The van der Waals surface area contributed by atoms with E-state index in [0.717, 1.165) is 16.8 Å². The molecule has 0 unspecified atom stereocenters. The van der Waals surface area contributed by atoms with Gasteiger partial charge in [0.1, 0.15) is 0 Å². The standard InChI is InChI=1S/C17H14N2O2/c20-17(21)13-8-9-14(18-10-13)11-19-16-7-3-5-12-4-1-2-6-15(12)16/h1-10,19H,11H2,(H,20,21). The molecule has 0 saturated heterocycles. The Hall–Kier alpha value is -2.88. The van der Waals surface area contributed by atoms with E-state index in [1.807, 2.05) is 24.3 Å². The van der Waals surface area contributed by atoms with Crippen LogP contribution in [0.1, 0.15) is 16.1 Å². The van der Waals surface area contributed by atoms with Gasteiger partial charge in [0.2, 0.25) is 0 Å². The Balaban J connectivity index is 1.79. The number of nitrogens with one attached hydrogen (secondary N) is 1. The molecule has 3 aromatic rings. The van der Waals surface area contributed by atoms with Crippen LogP contribution in [0.25, 0.3) is 10.8 Å². The maximum atomic E-state index is 10.8. The Bertz CT molecular complexity index is 777. The van der Waals surface area contributed by atoms with Crippen LogP contribution in [0, 0.1) is 0 Å². The Labute approximate surface area is 122 Å². The Morgan fingerprint density at radius 1 is 1.05 bits per heavy atom. The number of hydrogen-bond donors (Lipinski definition) is 2. The lowest BCUT2D eigenvalue weighted by Crippen LogP contribution is -2.04. The lowest BCUT2D eigenvalue weighted by atomic mass is 10.1. The van der Waals surface area contributed by atoms with Crippen molar-refractivity contribution in [2.24, 2.45) is 0 Å². The zero-order valence-electron chi connectivity index (χ0n) is 11.3. The topological polar surface area (TPSA) is 62.2 Å². The average molecular weight is 278 g/mol. The van der Waals surface area contributed by atoms with E-state index < -0.39 is 5.97 Å². The molecule has 1 aromatic heterocycles. The molecule has 0 aliphatic carbocycles. The maximum absolute atomic E-state index is 10.8. The van der Waals surface area contributed by atoms with Crippen LogP contribution in [0.15, 0.2) is 60.8 Å². The highest BCUT2D eigenvalue weighted by molar-refractivity contribution is 5.93. The molecular weight excluding hydrogens is 264 g/mol. The number of carboxylic acid groups (broad SMARTS) is 1. The van der Waals surface area contributed by atoms with Gasteiger partial charge in [-0.25, -0.2) is 4.79 Å². The molecule has 21 heavy (non-hydrogen) atoms. The molecule has 0 aliphatic rings. The van der Waals surface area contributed by atoms with Gasteiger partial charge < -0.3 is 10.4 Å². The predicted octanol–water partition coefficient (Wildman–Crippen LogP) is 3.55. The van der Waals surface area contributed by atoms with E-state index in [2.05, 4.69) is 28.5 Å². The largest absolute Gasteiger partial charge is 0.478 e. The second-order valence-electron chi connectivity index (χ2n) is 4.72. The molecule has 0 aliphatic heterocycles. The van der Waals surface area contributed by atoms with Crippen LogP contribution < -0.4 is 5.32 Å². The highest BCUT2D eigenvalue weighted by Gasteiger charge is 2.04. The summed E-state index contributed by atoms with van der Waals surface area (Å²) in [5, 5.41) is 14.5. The summed E-state index contributed by atoms with van der Waals surface area (Å²) in [7, 11) is 0. The number of benzene rings is 2. The van der Waals surface area contributed by atoms with Crippen molar-refractivity contribution in [2.75, 3.05) is 5.32 Å². The summed E-state index contributed by atoms with van der Waals surface area (Å²) in [5.41, 5.74) is 2.04. The lowest BCUT2D eigenvalue weighted by Gasteiger charge is -2.09. The fourth-order valence-corrected chi connectivity index (χ4v) is 2.22. The molecule has 0 bridgehead atoms. The van der Waals surface area contributed by atoms with Gasteiger partial charge in [0.25, 0.3) is 0 Å². The average Bonchev–Trinajstić information content (AvgIpc) is 2.53. The van der Waals surface area contributed by atoms with Gasteiger partial charge in [-0.1, -0.05) is 36.4 Å². The van der Waals surface area contributed by atoms with Gasteiger partial charge >= 0.3 is 5.97 Å². The van der Waals surface area contributed by atoms with Gasteiger partial charge in [0.05, 0.1) is 17.8 Å². The highest BCUT2D eigenvalue weighted by atomic mass is 16.4. The minimum Gasteiger partial charge on any atom is -0.478 e. The van der Waals surface area contributed by atoms with Crippen molar-refractivity contribution < 1.29 is 9.90 Å². The summed E-state index contributed by atoms with van der Waals surface area (Å²) in [6.45, 7) is 0.550. The number of aromatic nitrogens is 1. The van der Waals surface area contributed by atoms with E-state index in [1.54, 1.807) is 12.1 Å². The summed E-state index contributed by atoms with van der Waals surface area (Å²) in [4.78, 5) is 14.9. The molecule has 1 heterocycles. The number of carboxylic acids is 1. The first-order valence-electron chi connectivity index (χ1n) is 6.64. The first kappa shape index (κ1) is 13.1. The number of fused-ring (bicyclic) bond motifs is 1. The molecule has 0 radical (unpaired) electrons. The number of hydrogen-bond acceptors (Lipinski definition) is 3. The van der Waals surface area contributed by atoms with Gasteiger partial charge in [-0.15, -0.1) is 0 Å². The molecular formula is C17H14N2O2. The molecule has 4 nitrogen and oxygen atoms in total. The fourth-order valence-electron chi connectivity index (χ4n) is 2.22. The molecule has 4 heteroatoms. The minimum atomic E-state index is -0.962.